The number of halogens is 3. The molecule has 2 heterocycles. The van der Waals surface area contributed by atoms with E-state index in [2.05, 4.69) is 4.98 Å². The molecule has 0 saturated heterocycles. The molecule has 0 amide bonds. The zero-order valence-corrected chi connectivity index (χ0v) is 23.5. The maximum atomic E-state index is 15.7. The van der Waals surface area contributed by atoms with Crippen molar-refractivity contribution in [3.05, 3.63) is 112 Å². The molecule has 0 aliphatic carbocycles. The summed E-state index contributed by atoms with van der Waals surface area (Å²) in [4.78, 5) is 16.1. The number of nitrogens with zero attached hydrogens (tertiary/aromatic N) is 3. The fourth-order valence-corrected chi connectivity index (χ4v) is 5.37. The highest BCUT2D eigenvalue weighted by Crippen LogP contribution is 2.50. The number of aromatic carboxylic acids is 1. The standard InChI is InChI=1S/C33H24F3N3O5/c1-33(23-8-6-18(17-37)12-26(23)36)43-29-5-3-4-21(31(29)44-33)22-16-24(34)20(13-25(22)35)15-30-38-27-9-7-19(32(40)41)14-28(27)39(30)10-11-42-2/h3-9,12-14,16H,10-11,15H2,1-2H3,(H,40,41). The number of carboxylic acid groups (broad SMARTS) is 1. The molecule has 0 bridgehead atoms. The summed E-state index contributed by atoms with van der Waals surface area (Å²) in [5.74, 6) is -4.12. The Morgan fingerprint density at radius 3 is 2.57 bits per heavy atom. The van der Waals surface area contributed by atoms with E-state index in [-0.39, 0.29) is 57.9 Å². The summed E-state index contributed by atoms with van der Waals surface area (Å²) in [7, 11) is 1.52. The van der Waals surface area contributed by atoms with E-state index in [1.807, 2.05) is 6.07 Å². The molecule has 0 fully saturated rings. The van der Waals surface area contributed by atoms with Gasteiger partial charge in [-0.05, 0) is 60.2 Å². The summed E-state index contributed by atoms with van der Waals surface area (Å²) >= 11 is 0. The van der Waals surface area contributed by atoms with E-state index in [0.29, 0.717) is 23.4 Å². The van der Waals surface area contributed by atoms with Crippen LogP contribution < -0.4 is 9.47 Å². The molecule has 11 heteroatoms. The second-order valence-corrected chi connectivity index (χ2v) is 10.4. The van der Waals surface area contributed by atoms with E-state index in [1.54, 1.807) is 28.8 Å². The predicted molar refractivity (Wildman–Crippen MR) is 153 cm³/mol. The van der Waals surface area contributed by atoms with Gasteiger partial charge in [-0.2, -0.15) is 5.26 Å². The summed E-state index contributed by atoms with van der Waals surface area (Å²) in [6.45, 7) is 2.11. The number of rotatable bonds is 8. The van der Waals surface area contributed by atoms with Crippen molar-refractivity contribution >= 4 is 17.0 Å². The Bertz CT molecular complexity index is 2000. The van der Waals surface area contributed by atoms with E-state index in [1.165, 1.54) is 38.3 Å². The minimum Gasteiger partial charge on any atom is -0.478 e. The van der Waals surface area contributed by atoms with Crippen molar-refractivity contribution < 1.29 is 37.3 Å². The summed E-state index contributed by atoms with van der Waals surface area (Å²) < 4.78 is 65.2. The number of ether oxygens (including phenoxy) is 3. The van der Waals surface area contributed by atoms with Crippen LogP contribution in [0.2, 0.25) is 0 Å². The Kier molecular flexibility index (Phi) is 7.23. The SMILES string of the molecule is COCCn1c(Cc2cc(F)c(-c3cccc4c3OC(C)(c3ccc(C#N)cc3F)O4)cc2F)nc2ccc(C(=O)O)cc21. The van der Waals surface area contributed by atoms with Gasteiger partial charge in [0, 0.05) is 38.1 Å². The first-order valence-corrected chi connectivity index (χ1v) is 13.5. The van der Waals surface area contributed by atoms with Gasteiger partial charge in [-0.25, -0.2) is 22.9 Å². The second kappa shape index (κ2) is 11.1. The van der Waals surface area contributed by atoms with Crippen LogP contribution in [0, 0.1) is 28.8 Å². The number of carbonyl (C=O) groups is 1. The molecular formula is C33H24F3N3O5. The third kappa shape index (κ3) is 4.99. The van der Waals surface area contributed by atoms with Gasteiger partial charge in [-0.15, -0.1) is 0 Å². The minimum atomic E-state index is -1.62. The van der Waals surface area contributed by atoms with Crippen molar-refractivity contribution in [3.8, 4) is 28.7 Å². The van der Waals surface area contributed by atoms with E-state index < -0.39 is 29.2 Å². The number of hydrogen-bond donors (Lipinski definition) is 1. The number of imidazole rings is 1. The van der Waals surface area contributed by atoms with Crippen molar-refractivity contribution in [3.63, 3.8) is 0 Å². The quantitative estimate of drug-likeness (QED) is 0.215. The van der Waals surface area contributed by atoms with Crippen molar-refractivity contribution in [2.45, 2.75) is 25.7 Å². The number of fused-ring (bicyclic) bond motifs is 2. The molecule has 1 atom stereocenters. The molecule has 1 N–H and O–H groups in total. The molecule has 1 aliphatic rings. The molecule has 5 aromatic rings. The first kappa shape index (κ1) is 28.8. The smallest absolute Gasteiger partial charge is 0.335 e. The summed E-state index contributed by atoms with van der Waals surface area (Å²) in [5.41, 5.74) is 1.43. The summed E-state index contributed by atoms with van der Waals surface area (Å²) in [5, 5.41) is 18.5. The van der Waals surface area contributed by atoms with Crippen LogP contribution in [0.1, 0.15) is 39.8 Å². The van der Waals surface area contributed by atoms with Gasteiger partial charge in [0.15, 0.2) is 11.5 Å². The molecule has 44 heavy (non-hydrogen) atoms. The van der Waals surface area contributed by atoms with Crippen LogP contribution >= 0.6 is 0 Å². The highest BCUT2D eigenvalue weighted by Gasteiger charge is 2.42. The first-order valence-electron chi connectivity index (χ1n) is 13.5. The minimum absolute atomic E-state index is 0.0347. The Hall–Kier alpha value is -5.34. The van der Waals surface area contributed by atoms with Crippen LogP contribution in [0.25, 0.3) is 22.2 Å². The maximum Gasteiger partial charge on any atom is 0.335 e. The van der Waals surface area contributed by atoms with Gasteiger partial charge in [0.2, 0.25) is 0 Å². The molecule has 222 valence electrons. The number of para-hydroxylation sites is 1. The maximum absolute atomic E-state index is 15.7. The van der Waals surface area contributed by atoms with Crippen LogP contribution in [-0.4, -0.2) is 34.3 Å². The lowest BCUT2D eigenvalue weighted by Crippen LogP contribution is -2.32. The zero-order valence-electron chi connectivity index (χ0n) is 23.5. The van der Waals surface area contributed by atoms with Crippen LogP contribution in [0.15, 0.2) is 66.7 Å². The Morgan fingerprint density at radius 2 is 1.84 bits per heavy atom. The second-order valence-electron chi connectivity index (χ2n) is 10.4. The number of nitriles is 1. The van der Waals surface area contributed by atoms with Crippen molar-refractivity contribution in [1.82, 2.24) is 9.55 Å². The lowest BCUT2D eigenvalue weighted by atomic mass is 10.00. The third-order valence-corrected chi connectivity index (χ3v) is 7.54. The molecule has 0 saturated carbocycles. The average molecular weight is 600 g/mol. The number of methoxy groups -OCH3 is 1. The molecule has 1 aromatic heterocycles. The highest BCUT2D eigenvalue weighted by molar-refractivity contribution is 5.92. The lowest BCUT2D eigenvalue weighted by molar-refractivity contribution is -0.0705. The molecule has 6 rings (SSSR count). The first-order chi connectivity index (χ1) is 21.1. The van der Waals surface area contributed by atoms with Gasteiger partial charge >= 0.3 is 5.97 Å². The summed E-state index contributed by atoms with van der Waals surface area (Å²) in [6.07, 6.45) is -0.0770. The Morgan fingerprint density at radius 1 is 1.02 bits per heavy atom. The number of benzene rings is 4. The molecule has 0 radical (unpaired) electrons. The molecule has 1 unspecified atom stereocenters. The normalized spacial score (nSPS) is 15.5. The van der Waals surface area contributed by atoms with E-state index >= 15 is 8.78 Å². The largest absolute Gasteiger partial charge is 0.478 e. The van der Waals surface area contributed by atoms with E-state index in [4.69, 9.17) is 19.5 Å². The molecule has 1 aliphatic heterocycles. The van der Waals surface area contributed by atoms with Gasteiger partial charge < -0.3 is 23.9 Å². The predicted octanol–water partition coefficient (Wildman–Crippen LogP) is 6.57. The average Bonchev–Trinajstić information content (AvgIpc) is 3.53. The Balaban J connectivity index is 1.35. The van der Waals surface area contributed by atoms with E-state index in [9.17, 15) is 14.3 Å². The van der Waals surface area contributed by atoms with Crippen molar-refractivity contribution in [2.75, 3.05) is 13.7 Å². The molecule has 4 aromatic carbocycles. The van der Waals surface area contributed by atoms with Crippen molar-refractivity contribution in [1.29, 1.82) is 5.26 Å². The number of hydrogen-bond acceptors (Lipinski definition) is 6. The van der Waals surface area contributed by atoms with Crippen LogP contribution in [0.3, 0.4) is 0 Å². The van der Waals surface area contributed by atoms with E-state index in [0.717, 1.165) is 18.2 Å². The van der Waals surface area contributed by atoms with Gasteiger partial charge in [-0.1, -0.05) is 12.1 Å². The Labute approximate surface area is 249 Å². The van der Waals surface area contributed by atoms with Crippen LogP contribution in [0.5, 0.6) is 11.5 Å². The van der Waals surface area contributed by atoms with Gasteiger partial charge in [0.05, 0.1) is 40.4 Å². The van der Waals surface area contributed by atoms with Gasteiger partial charge in [-0.3, -0.25) is 0 Å². The molecule has 8 nitrogen and oxygen atoms in total. The van der Waals surface area contributed by atoms with Gasteiger partial charge in [0.1, 0.15) is 23.3 Å². The lowest BCUT2D eigenvalue weighted by Gasteiger charge is -2.24. The molecular weight excluding hydrogens is 575 g/mol. The molecule has 0 spiro atoms. The van der Waals surface area contributed by atoms with Crippen LogP contribution in [-0.2, 0) is 23.5 Å². The van der Waals surface area contributed by atoms with Gasteiger partial charge in [0.25, 0.3) is 5.79 Å². The monoisotopic (exact) mass is 599 g/mol. The number of aromatic nitrogens is 2. The van der Waals surface area contributed by atoms with Crippen LogP contribution in [0.4, 0.5) is 13.2 Å². The van der Waals surface area contributed by atoms with Crippen molar-refractivity contribution in [2.24, 2.45) is 0 Å². The number of carboxylic acids is 1. The zero-order chi connectivity index (χ0) is 31.2. The third-order valence-electron chi connectivity index (χ3n) is 7.54. The fraction of sp³-hybridized carbons (Fsp3) is 0.182. The highest BCUT2D eigenvalue weighted by atomic mass is 19.1. The topological polar surface area (TPSA) is 107 Å². The summed E-state index contributed by atoms with van der Waals surface area (Å²) in [6, 6.07) is 17.1. The fourth-order valence-electron chi connectivity index (χ4n) is 5.37.